The van der Waals surface area contributed by atoms with Crippen molar-refractivity contribution in [1.29, 1.82) is 0 Å². The van der Waals surface area contributed by atoms with E-state index in [1.54, 1.807) is 4.68 Å². The molecule has 0 radical (unpaired) electrons. The van der Waals surface area contributed by atoms with Crippen LogP contribution in [0.15, 0.2) is 49.2 Å². The van der Waals surface area contributed by atoms with Gasteiger partial charge in [0.2, 0.25) is 5.91 Å². The molecule has 10 heteroatoms. The van der Waals surface area contributed by atoms with E-state index in [9.17, 15) is 4.79 Å². The molecule has 1 saturated heterocycles. The van der Waals surface area contributed by atoms with Crippen molar-refractivity contribution in [2.24, 2.45) is 13.0 Å². The highest BCUT2D eigenvalue weighted by molar-refractivity contribution is 5.91. The van der Waals surface area contributed by atoms with Gasteiger partial charge in [-0.1, -0.05) is 0 Å². The van der Waals surface area contributed by atoms with E-state index in [0.29, 0.717) is 0 Å². The van der Waals surface area contributed by atoms with Crippen molar-refractivity contribution in [2.45, 2.75) is 12.8 Å². The van der Waals surface area contributed by atoms with Gasteiger partial charge in [0, 0.05) is 73.9 Å². The lowest BCUT2D eigenvalue weighted by Crippen LogP contribution is -2.40. The minimum Gasteiger partial charge on any atom is -0.385 e. The van der Waals surface area contributed by atoms with Gasteiger partial charge in [0.25, 0.3) is 0 Å². The Bertz CT molecular complexity index is 1300. The molecule has 34 heavy (non-hydrogen) atoms. The summed E-state index contributed by atoms with van der Waals surface area (Å²) in [5, 5.41) is 12.1. The van der Waals surface area contributed by atoms with E-state index in [-0.39, 0.29) is 11.8 Å². The Morgan fingerprint density at radius 2 is 1.88 bits per heavy atom. The number of nitrogens with zero attached hydrogens (tertiary/aromatic N) is 6. The van der Waals surface area contributed by atoms with Gasteiger partial charge in [-0.3, -0.25) is 14.3 Å². The molecule has 0 atom stereocenters. The molecule has 0 bridgehead atoms. The minimum absolute atomic E-state index is 0.0270. The van der Waals surface area contributed by atoms with Gasteiger partial charge < -0.3 is 10.2 Å². The summed E-state index contributed by atoms with van der Waals surface area (Å²) < 4.78 is 3.69. The molecule has 4 aromatic rings. The zero-order chi connectivity index (χ0) is 23.7. The predicted molar refractivity (Wildman–Crippen MR) is 130 cm³/mol. The highest BCUT2D eigenvalue weighted by Gasteiger charge is 2.25. The van der Waals surface area contributed by atoms with E-state index >= 15 is 0 Å². The summed E-state index contributed by atoms with van der Waals surface area (Å²) in [5.74, 6) is 0.834. The number of hydrogen-bond donors (Lipinski definition) is 2. The fourth-order valence-corrected chi connectivity index (χ4v) is 4.54. The number of nitrogens with one attached hydrogen (secondary N) is 2. The fourth-order valence-electron chi connectivity index (χ4n) is 4.54. The maximum Gasteiger partial charge on any atom is 0.246 e. The number of carbonyl (C=O) groups is 1. The zero-order valence-corrected chi connectivity index (χ0v) is 19.5. The number of hydrogen-bond acceptors (Lipinski definition) is 7. The highest BCUT2D eigenvalue weighted by Crippen LogP contribution is 2.34. The number of aromatic nitrogens is 5. The summed E-state index contributed by atoms with van der Waals surface area (Å²) in [7, 11) is 5.27. The molecule has 5 heterocycles. The lowest BCUT2D eigenvalue weighted by molar-refractivity contribution is -0.136. The first-order valence-corrected chi connectivity index (χ1v) is 11.3. The first kappa shape index (κ1) is 21.9. The summed E-state index contributed by atoms with van der Waals surface area (Å²) in [5.41, 5.74) is 8.49. The third-order valence-electron chi connectivity index (χ3n) is 6.37. The number of piperidine rings is 1. The predicted octanol–water partition coefficient (Wildman–Crippen LogP) is 2.73. The van der Waals surface area contributed by atoms with Gasteiger partial charge in [0.15, 0.2) is 0 Å². The third-order valence-corrected chi connectivity index (χ3v) is 6.37. The normalized spacial score (nSPS) is 14.5. The van der Waals surface area contributed by atoms with Crippen LogP contribution in [-0.4, -0.2) is 57.5 Å². The van der Waals surface area contributed by atoms with Gasteiger partial charge in [-0.25, -0.2) is 15.0 Å². The van der Waals surface area contributed by atoms with Crippen molar-refractivity contribution in [3.05, 3.63) is 49.2 Å². The average Bonchev–Trinajstić information content (AvgIpc) is 3.50. The van der Waals surface area contributed by atoms with Gasteiger partial charge in [0.05, 0.1) is 30.7 Å². The number of pyridine rings is 2. The van der Waals surface area contributed by atoms with Crippen LogP contribution in [0, 0.1) is 5.92 Å². The summed E-state index contributed by atoms with van der Waals surface area (Å²) in [6.07, 6.45) is 11.1. The Balaban J connectivity index is 1.44. The Morgan fingerprint density at radius 1 is 1.06 bits per heavy atom. The molecule has 1 fully saturated rings. The van der Waals surface area contributed by atoms with Crippen LogP contribution >= 0.6 is 0 Å². The summed E-state index contributed by atoms with van der Waals surface area (Å²) >= 11 is 0. The van der Waals surface area contributed by atoms with Crippen molar-refractivity contribution in [2.75, 3.05) is 37.5 Å². The summed E-state index contributed by atoms with van der Waals surface area (Å²) in [4.78, 5) is 23.8. The van der Waals surface area contributed by atoms with Gasteiger partial charge in [0.1, 0.15) is 5.82 Å². The van der Waals surface area contributed by atoms with Crippen LogP contribution in [0.5, 0.6) is 0 Å². The van der Waals surface area contributed by atoms with Crippen LogP contribution in [0.1, 0.15) is 12.8 Å². The summed E-state index contributed by atoms with van der Waals surface area (Å²) in [6, 6.07) is 6.31. The van der Waals surface area contributed by atoms with Crippen molar-refractivity contribution in [3.8, 4) is 22.3 Å². The summed E-state index contributed by atoms with van der Waals surface area (Å²) in [6.45, 7) is 1.56. The molecular formula is C24H28N8O2. The first-order valence-electron chi connectivity index (χ1n) is 11.3. The van der Waals surface area contributed by atoms with Gasteiger partial charge in [-0.15, -0.1) is 0 Å². The van der Waals surface area contributed by atoms with Crippen molar-refractivity contribution in [3.63, 3.8) is 0 Å². The third kappa shape index (κ3) is 4.08. The smallest absolute Gasteiger partial charge is 0.246 e. The van der Waals surface area contributed by atoms with E-state index in [2.05, 4.69) is 38.0 Å². The van der Waals surface area contributed by atoms with E-state index in [1.165, 1.54) is 7.11 Å². The molecular weight excluding hydrogens is 432 g/mol. The maximum atomic E-state index is 12.0. The molecule has 4 aromatic heterocycles. The fraction of sp³-hybridized carbons (Fsp3) is 0.333. The Morgan fingerprint density at radius 3 is 2.53 bits per heavy atom. The standard InChI is InChI=1S/C24H28N8O2/c1-25-21-13-28-32-15-18(19-12-27-30(2)14-19)10-20(23(21)32)17-4-5-22(26-11-17)31-8-6-16(7-9-31)24(33)29-34-3/h4-5,10-16,25H,6-9H2,1-3H3,(H,29,33). The lowest BCUT2D eigenvalue weighted by atomic mass is 9.96. The quantitative estimate of drug-likeness (QED) is 0.427. The van der Waals surface area contributed by atoms with Crippen LogP contribution < -0.4 is 15.7 Å². The number of fused-ring (bicyclic) bond motifs is 1. The molecule has 0 unspecified atom stereocenters. The van der Waals surface area contributed by atoms with Crippen molar-refractivity contribution in [1.82, 2.24) is 29.9 Å². The van der Waals surface area contributed by atoms with E-state index < -0.39 is 0 Å². The molecule has 10 nitrogen and oxygen atoms in total. The van der Waals surface area contributed by atoms with Crippen LogP contribution in [-0.2, 0) is 16.7 Å². The molecule has 0 aromatic carbocycles. The average molecular weight is 461 g/mol. The monoisotopic (exact) mass is 460 g/mol. The zero-order valence-electron chi connectivity index (χ0n) is 19.5. The second kappa shape index (κ2) is 9.14. The van der Waals surface area contributed by atoms with Crippen LogP contribution in [0.2, 0.25) is 0 Å². The number of carbonyl (C=O) groups excluding carboxylic acids is 1. The SMILES string of the molecule is CNc1cnn2cc(-c3cnn(C)c3)cc(-c3ccc(N4CCC(C(=O)NOC)CC4)nc3)c12. The molecule has 1 aliphatic heterocycles. The molecule has 0 spiro atoms. The Labute approximate surface area is 197 Å². The van der Waals surface area contributed by atoms with Gasteiger partial charge in [-0.2, -0.15) is 10.2 Å². The largest absolute Gasteiger partial charge is 0.385 e. The number of anilines is 2. The second-order valence-electron chi connectivity index (χ2n) is 8.48. The van der Waals surface area contributed by atoms with Crippen molar-refractivity contribution < 1.29 is 9.63 Å². The van der Waals surface area contributed by atoms with Gasteiger partial charge in [-0.05, 0) is 31.0 Å². The molecule has 2 N–H and O–H groups in total. The van der Waals surface area contributed by atoms with E-state index in [4.69, 9.17) is 9.82 Å². The number of hydroxylamine groups is 1. The van der Waals surface area contributed by atoms with E-state index in [1.807, 2.05) is 55.7 Å². The maximum absolute atomic E-state index is 12.0. The van der Waals surface area contributed by atoms with Crippen molar-refractivity contribution >= 4 is 22.9 Å². The molecule has 176 valence electrons. The second-order valence-corrected chi connectivity index (χ2v) is 8.48. The topological polar surface area (TPSA) is 102 Å². The molecule has 5 rings (SSSR count). The van der Waals surface area contributed by atoms with Crippen LogP contribution in [0.25, 0.3) is 27.8 Å². The Kier molecular flexibility index (Phi) is 5.89. The number of aryl methyl sites for hydroxylation is 1. The van der Waals surface area contributed by atoms with Crippen LogP contribution in [0.3, 0.4) is 0 Å². The number of rotatable bonds is 6. The van der Waals surface area contributed by atoms with Gasteiger partial charge >= 0.3 is 0 Å². The van der Waals surface area contributed by atoms with E-state index in [0.717, 1.165) is 65.2 Å². The molecule has 1 amide bonds. The molecule has 1 aliphatic rings. The number of amides is 1. The minimum atomic E-state index is -0.0517. The highest BCUT2D eigenvalue weighted by atomic mass is 16.6. The molecule has 0 saturated carbocycles. The first-order chi connectivity index (χ1) is 16.6. The van der Waals surface area contributed by atoms with Crippen LogP contribution in [0.4, 0.5) is 11.5 Å². The Hall–Kier alpha value is -3.92. The lowest BCUT2D eigenvalue weighted by Gasteiger charge is -2.32. The molecule has 0 aliphatic carbocycles.